The van der Waals surface area contributed by atoms with Gasteiger partial charge in [0.1, 0.15) is 5.54 Å². The summed E-state index contributed by atoms with van der Waals surface area (Å²) in [4.78, 5) is 17.6. The first-order valence-electron chi connectivity index (χ1n) is 7.38. The van der Waals surface area contributed by atoms with Gasteiger partial charge >= 0.3 is 5.97 Å². The fourth-order valence-electron chi connectivity index (χ4n) is 3.32. The maximum absolute atomic E-state index is 12.4. The van der Waals surface area contributed by atoms with Gasteiger partial charge in [0.2, 0.25) is 0 Å². The molecule has 0 aromatic rings. The smallest absolute Gasteiger partial charge is 0.326 e. The Labute approximate surface area is 119 Å². The fourth-order valence-corrected chi connectivity index (χ4v) is 3.32. The van der Waals surface area contributed by atoms with Crippen molar-refractivity contribution in [3.63, 3.8) is 0 Å². The Balaban J connectivity index is 2.00. The fraction of sp³-hybridized carbons (Fsp3) is 0.923. The Morgan fingerprint density at radius 2 is 2.45 bits per heavy atom. The third-order valence-corrected chi connectivity index (χ3v) is 4.37. The van der Waals surface area contributed by atoms with Gasteiger partial charge in [-0.15, -0.1) is 0 Å². The topological polar surface area (TPSA) is 90.3 Å². The lowest BCUT2D eigenvalue weighted by Crippen LogP contribution is -2.62. The minimum Gasteiger partial charge on any atom is -0.465 e. The molecular weight excluding hydrogens is 258 g/mol. The molecule has 2 fully saturated rings. The number of esters is 1. The van der Waals surface area contributed by atoms with Crippen LogP contribution in [0.4, 0.5) is 0 Å². The van der Waals surface area contributed by atoms with Crippen LogP contribution in [0.1, 0.15) is 26.2 Å². The highest BCUT2D eigenvalue weighted by Gasteiger charge is 2.51. The molecular formula is C13H23N5O2. The number of carbonyl (C=O) groups excluding carboxylic acids is 1. The first-order chi connectivity index (χ1) is 9.73. The van der Waals surface area contributed by atoms with Crippen molar-refractivity contribution >= 4 is 5.97 Å². The molecule has 112 valence electrons. The molecule has 3 unspecified atom stereocenters. The third kappa shape index (κ3) is 3.06. The number of carbonyl (C=O) groups is 1. The van der Waals surface area contributed by atoms with Crippen molar-refractivity contribution < 1.29 is 9.53 Å². The highest BCUT2D eigenvalue weighted by molar-refractivity contribution is 5.81. The number of hydrogen-bond donors (Lipinski definition) is 1. The van der Waals surface area contributed by atoms with E-state index in [0.29, 0.717) is 25.6 Å². The van der Waals surface area contributed by atoms with Crippen LogP contribution in [0, 0.1) is 5.92 Å². The van der Waals surface area contributed by atoms with Gasteiger partial charge in [-0.3, -0.25) is 4.79 Å². The first kappa shape index (κ1) is 15.1. The Bertz CT molecular complexity index is 396. The van der Waals surface area contributed by atoms with Crippen LogP contribution in [0.3, 0.4) is 0 Å². The summed E-state index contributed by atoms with van der Waals surface area (Å²) in [6.45, 7) is 6.38. The molecule has 2 rings (SSSR count). The van der Waals surface area contributed by atoms with Crippen LogP contribution in [0.5, 0.6) is 0 Å². The second kappa shape index (κ2) is 6.92. The van der Waals surface area contributed by atoms with Gasteiger partial charge in [0, 0.05) is 30.5 Å². The van der Waals surface area contributed by atoms with Gasteiger partial charge in [0.15, 0.2) is 0 Å². The van der Waals surface area contributed by atoms with E-state index in [1.165, 1.54) is 0 Å². The van der Waals surface area contributed by atoms with E-state index in [9.17, 15) is 4.79 Å². The van der Waals surface area contributed by atoms with Gasteiger partial charge in [0.25, 0.3) is 0 Å². The average molecular weight is 281 g/mol. The lowest BCUT2D eigenvalue weighted by Gasteiger charge is -2.41. The molecule has 0 saturated carbocycles. The largest absolute Gasteiger partial charge is 0.465 e. The molecule has 2 bridgehead atoms. The highest BCUT2D eigenvalue weighted by Crippen LogP contribution is 2.36. The predicted octanol–water partition coefficient (Wildman–Crippen LogP) is 1.30. The molecule has 2 aliphatic rings. The minimum absolute atomic E-state index is 0.115. The van der Waals surface area contributed by atoms with Crippen LogP contribution >= 0.6 is 0 Å². The van der Waals surface area contributed by atoms with E-state index >= 15 is 0 Å². The van der Waals surface area contributed by atoms with E-state index in [-0.39, 0.29) is 5.97 Å². The summed E-state index contributed by atoms with van der Waals surface area (Å²) >= 11 is 0. The summed E-state index contributed by atoms with van der Waals surface area (Å²) in [5, 5.41) is 6.94. The van der Waals surface area contributed by atoms with E-state index in [1.54, 1.807) is 0 Å². The van der Waals surface area contributed by atoms with Crippen LogP contribution in [-0.4, -0.2) is 55.7 Å². The van der Waals surface area contributed by atoms with Crippen molar-refractivity contribution in [1.29, 1.82) is 0 Å². The molecule has 0 amide bonds. The SMILES string of the molecule is CCOC(=O)C1(NCCCN=[N+]=[N-])CCN2CCC1C2. The van der Waals surface area contributed by atoms with E-state index in [1.807, 2.05) is 6.92 Å². The predicted molar refractivity (Wildman–Crippen MR) is 75.2 cm³/mol. The molecule has 7 nitrogen and oxygen atoms in total. The van der Waals surface area contributed by atoms with Gasteiger partial charge in [-0.1, -0.05) is 5.11 Å². The molecule has 2 heterocycles. The number of rotatable bonds is 7. The molecule has 7 heteroatoms. The van der Waals surface area contributed by atoms with Crippen LogP contribution in [0.2, 0.25) is 0 Å². The summed E-state index contributed by atoms with van der Waals surface area (Å²) in [5.41, 5.74) is 7.72. The number of piperidine rings is 1. The number of azide groups is 1. The monoisotopic (exact) mass is 281 g/mol. The second-order valence-corrected chi connectivity index (χ2v) is 5.46. The summed E-state index contributed by atoms with van der Waals surface area (Å²) in [7, 11) is 0. The number of ether oxygens (including phenoxy) is 1. The van der Waals surface area contributed by atoms with E-state index in [2.05, 4.69) is 20.2 Å². The first-order valence-corrected chi connectivity index (χ1v) is 7.38. The van der Waals surface area contributed by atoms with Gasteiger partial charge in [0.05, 0.1) is 6.61 Å². The number of hydrogen-bond acceptors (Lipinski definition) is 5. The van der Waals surface area contributed by atoms with E-state index in [4.69, 9.17) is 10.3 Å². The summed E-state index contributed by atoms with van der Waals surface area (Å²) in [6.07, 6.45) is 2.59. The van der Waals surface area contributed by atoms with Crippen molar-refractivity contribution in [2.24, 2.45) is 11.0 Å². The van der Waals surface area contributed by atoms with Crippen molar-refractivity contribution in [3.05, 3.63) is 10.4 Å². The maximum atomic E-state index is 12.4. The lowest BCUT2D eigenvalue weighted by atomic mass is 9.78. The maximum Gasteiger partial charge on any atom is 0.326 e. The van der Waals surface area contributed by atoms with Crippen molar-refractivity contribution in [2.45, 2.75) is 31.7 Å². The normalized spacial score (nSPS) is 31.6. The van der Waals surface area contributed by atoms with Gasteiger partial charge < -0.3 is 15.0 Å². The summed E-state index contributed by atoms with van der Waals surface area (Å²) in [6, 6.07) is 0. The molecule has 0 aromatic heterocycles. The van der Waals surface area contributed by atoms with Crippen LogP contribution < -0.4 is 5.32 Å². The zero-order valence-electron chi connectivity index (χ0n) is 12.0. The third-order valence-electron chi connectivity index (χ3n) is 4.37. The molecule has 3 atom stereocenters. The Morgan fingerprint density at radius 1 is 1.60 bits per heavy atom. The molecule has 2 saturated heterocycles. The molecule has 2 aliphatic heterocycles. The number of nitrogens with zero attached hydrogens (tertiary/aromatic N) is 4. The van der Waals surface area contributed by atoms with Crippen LogP contribution in [-0.2, 0) is 9.53 Å². The van der Waals surface area contributed by atoms with Gasteiger partial charge in [-0.05, 0) is 44.8 Å². The minimum atomic E-state index is -0.542. The lowest BCUT2D eigenvalue weighted by molar-refractivity contribution is -0.155. The molecule has 20 heavy (non-hydrogen) atoms. The quantitative estimate of drug-likeness (QED) is 0.250. The molecule has 0 aliphatic carbocycles. The molecule has 1 N–H and O–H groups in total. The molecule has 0 spiro atoms. The Kier molecular flexibility index (Phi) is 5.23. The van der Waals surface area contributed by atoms with Crippen molar-refractivity contribution in [2.75, 3.05) is 39.3 Å². The molecule has 0 radical (unpaired) electrons. The second-order valence-electron chi connectivity index (χ2n) is 5.46. The van der Waals surface area contributed by atoms with Crippen molar-refractivity contribution in [1.82, 2.24) is 10.2 Å². The number of fused-ring (bicyclic) bond motifs is 2. The van der Waals surface area contributed by atoms with E-state index < -0.39 is 5.54 Å². The van der Waals surface area contributed by atoms with Crippen LogP contribution in [0.15, 0.2) is 5.11 Å². The Hall–Kier alpha value is -1.30. The number of nitrogens with one attached hydrogen (secondary N) is 1. The summed E-state index contributed by atoms with van der Waals surface area (Å²) in [5.74, 6) is 0.213. The zero-order chi connectivity index (χ0) is 14.4. The standard InChI is InChI=1S/C13H23N5O2/c1-2-20-12(19)13(15-6-3-7-16-17-14)5-9-18-8-4-11(13)10-18/h11,15H,2-10H2,1H3. The summed E-state index contributed by atoms with van der Waals surface area (Å²) < 4.78 is 5.31. The van der Waals surface area contributed by atoms with E-state index in [0.717, 1.165) is 38.9 Å². The average Bonchev–Trinajstić information content (AvgIpc) is 2.85. The van der Waals surface area contributed by atoms with Gasteiger partial charge in [-0.25, -0.2) is 0 Å². The highest BCUT2D eigenvalue weighted by atomic mass is 16.5. The molecule has 0 aromatic carbocycles. The van der Waals surface area contributed by atoms with Gasteiger partial charge in [-0.2, -0.15) is 0 Å². The van der Waals surface area contributed by atoms with Crippen LogP contribution in [0.25, 0.3) is 10.4 Å². The Morgan fingerprint density at radius 3 is 3.20 bits per heavy atom. The van der Waals surface area contributed by atoms with Crippen molar-refractivity contribution in [3.8, 4) is 0 Å². The zero-order valence-corrected chi connectivity index (χ0v) is 12.0.